The molecule has 0 bridgehead atoms. The molecule has 3 rings (SSSR count). The summed E-state index contributed by atoms with van der Waals surface area (Å²) in [6.45, 7) is 7.81. The van der Waals surface area contributed by atoms with Crippen LogP contribution in [0.2, 0.25) is 0 Å². The van der Waals surface area contributed by atoms with Gasteiger partial charge in [0.25, 0.3) is 0 Å². The molecule has 0 amide bonds. The van der Waals surface area contributed by atoms with Crippen LogP contribution in [0.25, 0.3) is 0 Å². The lowest BCUT2D eigenvalue weighted by Crippen LogP contribution is -2.51. The van der Waals surface area contributed by atoms with Gasteiger partial charge in [-0.25, -0.2) is 0 Å². The molecule has 1 fully saturated rings. The topological polar surface area (TPSA) is 29.5 Å². The normalized spacial score (nSPS) is 30.8. The van der Waals surface area contributed by atoms with Gasteiger partial charge >= 0.3 is 5.97 Å². The number of hydrogen-bond acceptors (Lipinski definition) is 3. The van der Waals surface area contributed by atoms with E-state index in [1.807, 2.05) is 45.2 Å². The molecule has 2 atom stereocenters. The first-order valence-electron chi connectivity index (χ1n) is 6.62. The molecule has 2 aliphatic heterocycles. The lowest BCUT2D eigenvalue weighted by Gasteiger charge is -2.34. The van der Waals surface area contributed by atoms with Crippen molar-refractivity contribution >= 4 is 11.7 Å². The van der Waals surface area contributed by atoms with Crippen LogP contribution in [-0.4, -0.2) is 24.7 Å². The maximum Gasteiger partial charge on any atom is 0.319 e. The number of cyclic esters (lactones) is 1. The van der Waals surface area contributed by atoms with Crippen molar-refractivity contribution in [2.24, 2.45) is 0 Å². The van der Waals surface area contributed by atoms with Gasteiger partial charge < -0.3 is 9.64 Å². The van der Waals surface area contributed by atoms with E-state index in [1.165, 1.54) is 0 Å². The minimum atomic E-state index is -0.601. The molecule has 0 N–H and O–H groups in total. The summed E-state index contributed by atoms with van der Waals surface area (Å²) >= 11 is 0. The number of nitrogens with zero attached hydrogens (tertiary/aromatic N) is 1. The molecule has 0 saturated carbocycles. The van der Waals surface area contributed by atoms with Crippen LogP contribution in [0, 0.1) is 0 Å². The van der Waals surface area contributed by atoms with Gasteiger partial charge in [0.05, 0.1) is 6.04 Å². The maximum atomic E-state index is 12.6. The first-order valence-corrected chi connectivity index (χ1v) is 6.62. The molecule has 0 unspecified atom stereocenters. The van der Waals surface area contributed by atoms with E-state index in [-0.39, 0.29) is 12.0 Å². The molecular formula is C16H19NO2. The second-order valence-corrected chi connectivity index (χ2v) is 5.99. The highest BCUT2D eigenvalue weighted by Crippen LogP contribution is 2.55. The zero-order valence-electron chi connectivity index (χ0n) is 11.6. The molecule has 0 radical (unpaired) electrons. The Bertz CT molecular complexity index is 564. The number of likely N-dealkylation sites (N-methyl/N-ethyl adjacent to an activating group) is 1. The monoisotopic (exact) mass is 257 g/mol. The Kier molecular flexibility index (Phi) is 2.34. The average molecular weight is 257 g/mol. The highest BCUT2D eigenvalue weighted by atomic mass is 16.6. The van der Waals surface area contributed by atoms with Gasteiger partial charge in [-0.2, -0.15) is 0 Å². The van der Waals surface area contributed by atoms with Gasteiger partial charge in [0.2, 0.25) is 0 Å². The number of benzene rings is 1. The standard InChI is InChI=1S/C16H19NO2/c1-5-10-16-11-8-6-7-9-12(11)17(4)13(16)15(2,3)19-14(16)18/h5-9,13H,1,10H2,2-4H3/t13-,16-/m0/s1. The van der Waals surface area contributed by atoms with Crippen LogP contribution in [0.3, 0.4) is 0 Å². The van der Waals surface area contributed by atoms with Crippen molar-refractivity contribution in [3.63, 3.8) is 0 Å². The number of para-hydroxylation sites is 1. The zero-order valence-corrected chi connectivity index (χ0v) is 11.6. The van der Waals surface area contributed by atoms with E-state index in [4.69, 9.17) is 4.74 Å². The Morgan fingerprint density at radius 3 is 2.79 bits per heavy atom. The summed E-state index contributed by atoms with van der Waals surface area (Å²) < 4.78 is 5.67. The van der Waals surface area contributed by atoms with Crippen molar-refractivity contribution in [3.8, 4) is 0 Å². The molecule has 3 heteroatoms. The van der Waals surface area contributed by atoms with E-state index >= 15 is 0 Å². The Hall–Kier alpha value is -1.77. The molecule has 0 spiro atoms. The summed E-state index contributed by atoms with van der Waals surface area (Å²) in [7, 11) is 2.04. The third-order valence-electron chi connectivity index (χ3n) is 4.46. The van der Waals surface area contributed by atoms with E-state index in [9.17, 15) is 4.79 Å². The number of carbonyl (C=O) groups excluding carboxylic acids is 1. The van der Waals surface area contributed by atoms with Crippen LogP contribution in [0.1, 0.15) is 25.8 Å². The molecule has 1 saturated heterocycles. The average Bonchev–Trinajstić information content (AvgIpc) is 2.72. The second kappa shape index (κ2) is 3.62. The van der Waals surface area contributed by atoms with Crippen molar-refractivity contribution in [2.75, 3.05) is 11.9 Å². The minimum absolute atomic E-state index is 0.0166. The fourth-order valence-electron chi connectivity index (χ4n) is 3.98. The van der Waals surface area contributed by atoms with Crippen LogP contribution < -0.4 is 4.90 Å². The van der Waals surface area contributed by atoms with Crippen LogP contribution in [0.15, 0.2) is 36.9 Å². The Labute approximate surface area is 113 Å². The van der Waals surface area contributed by atoms with Gasteiger partial charge in [0, 0.05) is 12.7 Å². The van der Waals surface area contributed by atoms with E-state index in [0.717, 1.165) is 11.3 Å². The summed E-state index contributed by atoms with van der Waals surface area (Å²) in [4.78, 5) is 14.8. The van der Waals surface area contributed by atoms with Crippen molar-refractivity contribution in [3.05, 3.63) is 42.5 Å². The van der Waals surface area contributed by atoms with E-state index in [0.29, 0.717) is 6.42 Å². The summed E-state index contributed by atoms with van der Waals surface area (Å²) in [5.41, 5.74) is 1.10. The van der Waals surface area contributed by atoms with Gasteiger partial charge in [-0.15, -0.1) is 6.58 Å². The van der Waals surface area contributed by atoms with E-state index in [2.05, 4.69) is 17.5 Å². The van der Waals surface area contributed by atoms with Crippen molar-refractivity contribution in [2.45, 2.75) is 37.3 Å². The molecule has 19 heavy (non-hydrogen) atoms. The quantitative estimate of drug-likeness (QED) is 0.602. The van der Waals surface area contributed by atoms with Gasteiger partial charge in [0.1, 0.15) is 11.0 Å². The predicted molar refractivity (Wildman–Crippen MR) is 75.3 cm³/mol. The zero-order chi connectivity index (χ0) is 13.8. The Morgan fingerprint density at radius 1 is 1.42 bits per heavy atom. The predicted octanol–water partition coefficient (Wildman–Crippen LogP) is 2.65. The number of fused-ring (bicyclic) bond motifs is 3. The van der Waals surface area contributed by atoms with Crippen LogP contribution in [0.5, 0.6) is 0 Å². The minimum Gasteiger partial charge on any atom is -0.457 e. The number of allylic oxidation sites excluding steroid dienone is 1. The lowest BCUT2D eigenvalue weighted by molar-refractivity contribution is -0.149. The number of rotatable bonds is 2. The molecule has 2 heterocycles. The number of esters is 1. The maximum absolute atomic E-state index is 12.6. The van der Waals surface area contributed by atoms with E-state index < -0.39 is 11.0 Å². The number of carbonyl (C=O) groups is 1. The fraction of sp³-hybridized carbons (Fsp3) is 0.438. The Morgan fingerprint density at radius 2 is 2.11 bits per heavy atom. The highest BCUT2D eigenvalue weighted by molar-refractivity contribution is 5.93. The van der Waals surface area contributed by atoms with Gasteiger partial charge in [-0.1, -0.05) is 24.3 Å². The third-order valence-corrected chi connectivity index (χ3v) is 4.46. The molecule has 1 aromatic carbocycles. The molecule has 3 nitrogen and oxygen atoms in total. The first kappa shape index (κ1) is 12.3. The smallest absolute Gasteiger partial charge is 0.319 e. The SMILES string of the molecule is C=CC[C@@]12C(=O)OC(C)(C)[C@@H]1N(C)c1ccccc12. The van der Waals surface area contributed by atoms with E-state index in [1.54, 1.807) is 0 Å². The van der Waals surface area contributed by atoms with Crippen molar-refractivity contribution < 1.29 is 9.53 Å². The number of anilines is 1. The third kappa shape index (κ3) is 1.30. The van der Waals surface area contributed by atoms with Crippen LogP contribution in [-0.2, 0) is 14.9 Å². The Balaban J connectivity index is 2.29. The molecule has 0 aliphatic carbocycles. The summed E-state index contributed by atoms with van der Waals surface area (Å²) in [6, 6.07) is 8.12. The summed E-state index contributed by atoms with van der Waals surface area (Å²) in [6.07, 6.45) is 2.44. The van der Waals surface area contributed by atoms with Crippen molar-refractivity contribution in [1.82, 2.24) is 0 Å². The lowest BCUT2D eigenvalue weighted by atomic mass is 9.71. The second-order valence-electron chi connectivity index (χ2n) is 5.99. The van der Waals surface area contributed by atoms with Crippen molar-refractivity contribution in [1.29, 1.82) is 0 Å². The molecule has 0 aromatic heterocycles. The molecule has 1 aromatic rings. The highest BCUT2D eigenvalue weighted by Gasteiger charge is 2.66. The largest absolute Gasteiger partial charge is 0.457 e. The summed E-state index contributed by atoms with van der Waals surface area (Å²) in [5.74, 6) is -0.126. The van der Waals surface area contributed by atoms with Crippen LogP contribution in [0.4, 0.5) is 5.69 Å². The number of ether oxygens (including phenoxy) is 1. The number of hydrogen-bond donors (Lipinski definition) is 0. The van der Waals surface area contributed by atoms with Gasteiger partial charge in [-0.05, 0) is 31.9 Å². The first-order chi connectivity index (χ1) is 8.95. The van der Waals surface area contributed by atoms with Gasteiger partial charge in [0.15, 0.2) is 0 Å². The molecule has 100 valence electrons. The molecule has 2 aliphatic rings. The fourth-order valence-corrected chi connectivity index (χ4v) is 3.98. The molecular weight excluding hydrogens is 238 g/mol. The summed E-state index contributed by atoms with van der Waals surface area (Å²) in [5, 5.41) is 0. The van der Waals surface area contributed by atoms with Crippen LogP contribution >= 0.6 is 0 Å². The van der Waals surface area contributed by atoms with Gasteiger partial charge in [-0.3, -0.25) is 4.79 Å².